The third kappa shape index (κ3) is 5.46. The largest absolute Gasteiger partial charge is 0.744 e. The van der Waals surface area contributed by atoms with Crippen molar-refractivity contribution in [3.63, 3.8) is 0 Å². The van der Waals surface area contributed by atoms with Gasteiger partial charge in [0.15, 0.2) is 0 Å². The van der Waals surface area contributed by atoms with E-state index in [1.54, 1.807) is 20.8 Å². The van der Waals surface area contributed by atoms with Gasteiger partial charge in [0, 0.05) is 0 Å². The monoisotopic (exact) mass is 417 g/mol. The molecule has 0 aliphatic carbocycles. The topological polar surface area (TPSA) is 83.5 Å². The first-order valence-electron chi connectivity index (χ1n) is 9.78. The number of esters is 1. The molecule has 0 aliphatic rings. The van der Waals surface area contributed by atoms with Crippen LogP contribution >= 0.6 is 0 Å². The Morgan fingerprint density at radius 1 is 0.862 bits per heavy atom. The zero-order valence-corrected chi connectivity index (χ0v) is 18.9. The number of benzene rings is 2. The molecule has 0 amide bonds. The second-order valence-electron chi connectivity index (χ2n) is 8.35. The number of carbonyl (C=O) groups excluding carboxylic acids is 1. The van der Waals surface area contributed by atoms with Gasteiger partial charge in [-0.1, -0.05) is 47.6 Å². The maximum Gasteiger partial charge on any atom is 0.343 e. The van der Waals surface area contributed by atoms with E-state index in [1.807, 2.05) is 12.1 Å². The summed E-state index contributed by atoms with van der Waals surface area (Å²) in [6, 6.07) is 8.52. The Bertz CT molecular complexity index is 992. The molecular formula is C23H29O5S-. The molecule has 2 aromatic rings. The minimum absolute atomic E-state index is 0.219. The fraction of sp³-hybridized carbons (Fsp3) is 0.435. The highest BCUT2D eigenvalue weighted by Crippen LogP contribution is 2.32. The summed E-state index contributed by atoms with van der Waals surface area (Å²) < 4.78 is 40.4. The molecule has 0 N–H and O–H groups in total. The zero-order valence-electron chi connectivity index (χ0n) is 18.1. The van der Waals surface area contributed by atoms with E-state index < -0.39 is 16.1 Å². The van der Waals surface area contributed by atoms with E-state index in [4.69, 9.17) is 4.74 Å². The molecule has 2 aromatic carbocycles. The van der Waals surface area contributed by atoms with Crippen molar-refractivity contribution < 1.29 is 22.5 Å². The molecule has 0 spiro atoms. The second kappa shape index (κ2) is 8.67. The quantitative estimate of drug-likeness (QED) is 0.353. The van der Waals surface area contributed by atoms with Gasteiger partial charge in [0.05, 0.1) is 10.5 Å². The summed E-state index contributed by atoms with van der Waals surface area (Å²) in [4.78, 5) is 12.6. The van der Waals surface area contributed by atoms with Crippen LogP contribution in [0.25, 0.3) is 0 Å². The van der Waals surface area contributed by atoms with E-state index in [0.29, 0.717) is 16.7 Å². The Balaban J connectivity index is 2.49. The first-order valence-corrected chi connectivity index (χ1v) is 11.2. The Morgan fingerprint density at radius 3 is 1.79 bits per heavy atom. The lowest BCUT2D eigenvalue weighted by molar-refractivity contribution is 0.0733. The number of hydrogen-bond acceptors (Lipinski definition) is 5. The van der Waals surface area contributed by atoms with Crippen LogP contribution in [0.15, 0.2) is 35.2 Å². The van der Waals surface area contributed by atoms with Crippen LogP contribution in [0.2, 0.25) is 0 Å². The van der Waals surface area contributed by atoms with Crippen molar-refractivity contribution in [3.8, 4) is 5.75 Å². The van der Waals surface area contributed by atoms with Crippen LogP contribution in [0.5, 0.6) is 5.75 Å². The highest BCUT2D eigenvalue weighted by atomic mass is 32.2. The molecule has 6 heteroatoms. The van der Waals surface area contributed by atoms with E-state index in [-0.39, 0.29) is 28.4 Å². The van der Waals surface area contributed by atoms with Crippen LogP contribution in [-0.2, 0) is 10.1 Å². The fourth-order valence-corrected chi connectivity index (χ4v) is 3.98. The Hall–Kier alpha value is -2.18. The van der Waals surface area contributed by atoms with E-state index in [2.05, 4.69) is 33.8 Å². The summed E-state index contributed by atoms with van der Waals surface area (Å²) in [6.07, 6.45) is 0. The fourth-order valence-electron chi connectivity index (χ4n) is 3.07. The van der Waals surface area contributed by atoms with Gasteiger partial charge in [0.2, 0.25) is 0 Å². The van der Waals surface area contributed by atoms with Gasteiger partial charge >= 0.3 is 5.97 Å². The van der Waals surface area contributed by atoms with Crippen molar-refractivity contribution in [2.45, 2.75) is 71.1 Å². The standard InChI is InChI=1S/C23H30O5S/c1-13(2)17-9-18(14(3)4)11-19(10-17)23(24)28-21-12-20(15(5)6)22(8-16(21)7)29(25,26)27/h8-15H,1-7H3,(H,25,26,27)/p-1. The molecule has 29 heavy (non-hydrogen) atoms. The minimum Gasteiger partial charge on any atom is -0.744 e. The van der Waals surface area contributed by atoms with E-state index >= 15 is 0 Å². The van der Waals surface area contributed by atoms with E-state index in [0.717, 1.165) is 11.1 Å². The smallest absolute Gasteiger partial charge is 0.343 e. The first kappa shape index (κ1) is 23.1. The molecule has 0 saturated heterocycles. The lowest BCUT2D eigenvalue weighted by atomic mass is 9.93. The Kier molecular flexibility index (Phi) is 6.91. The second-order valence-corrected chi connectivity index (χ2v) is 9.70. The van der Waals surface area contributed by atoms with Crippen LogP contribution in [0.3, 0.4) is 0 Å². The molecule has 158 valence electrons. The SMILES string of the molecule is Cc1cc(S(=O)(=O)[O-])c(C(C)C)cc1OC(=O)c1cc(C(C)C)cc(C(C)C)c1. The van der Waals surface area contributed by atoms with Crippen LogP contribution in [0.4, 0.5) is 0 Å². The molecular weight excluding hydrogens is 388 g/mol. The molecule has 0 aliphatic heterocycles. The molecule has 0 aromatic heterocycles. The summed E-state index contributed by atoms with van der Waals surface area (Å²) in [5.41, 5.74) is 3.31. The Morgan fingerprint density at radius 2 is 1.38 bits per heavy atom. The third-order valence-corrected chi connectivity index (χ3v) is 5.84. The molecule has 0 atom stereocenters. The maximum atomic E-state index is 12.9. The molecule has 0 fully saturated rings. The number of carbonyl (C=O) groups is 1. The highest BCUT2D eigenvalue weighted by Gasteiger charge is 2.19. The van der Waals surface area contributed by atoms with Crippen molar-refractivity contribution in [3.05, 3.63) is 58.1 Å². The van der Waals surface area contributed by atoms with Crippen molar-refractivity contribution in [1.82, 2.24) is 0 Å². The van der Waals surface area contributed by atoms with Crippen molar-refractivity contribution >= 4 is 16.1 Å². The Labute approximate surface area is 173 Å². The summed E-state index contributed by atoms with van der Waals surface area (Å²) >= 11 is 0. The van der Waals surface area contributed by atoms with Crippen molar-refractivity contribution in [2.24, 2.45) is 0 Å². The first-order chi connectivity index (χ1) is 13.3. The minimum atomic E-state index is -4.62. The average Bonchev–Trinajstić information content (AvgIpc) is 2.61. The maximum absolute atomic E-state index is 12.9. The normalized spacial score (nSPS) is 12.1. The van der Waals surface area contributed by atoms with Gasteiger partial charge in [-0.3, -0.25) is 0 Å². The van der Waals surface area contributed by atoms with Crippen molar-refractivity contribution in [2.75, 3.05) is 0 Å². The lowest BCUT2D eigenvalue weighted by Gasteiger charge is -2.19. The van der Waals surface area contributed by atoms with Crippen LogP contribution in [0.1, 0.15) is 91.9 Å². The van der Waals surface area contributed by atoms with Gasteiger partial charge in [-0.15, -0.1) is 0 Å². The summed E-state index contributed by atoms with van der Waals surface area (Å²) in [5, 5.41) is 0. The summed E-state index contributed by atoms with van der Waals surface area (Å²) in [7, 11) is -4.62. The number of hydrogen-bond donors (Lipinski definition) is 0. The van der Waals surface area contributed by atoms with E-state index in [9.17, 15) is 17.8 Å². The predicted octanol–water partition coefficient (Wildman–Crippen LogP) is 5.49. The lowest BCUT2D eigenvalue weighted by Crippen LogP contribution is -2.13. The highest BCUT2D eigenvalue weighted by molar-refractivity contribution is 7.85. The average molecular weight is 418 g/mol. The van der Waals surface area contributed by atoms with Gasteiger partial charge in [0.25, 0.3) is 0 Å². The molecule has 0 radical (unpaired) electrons. The molecule has 0 heterocycles. The molecule has 5 nitrogen and oxygen atoms in total. The number of rotatable bonds is 6. The van der Waals surface area contributed by atoms with E-state index in [1.165, 1.54) is 12.1 Å². The summed E-state index contributed by atoms with van der Waals surface area (Å²) in [5.74, 6) is 0.0489. The zero-order chi connectivity index (χ0) is 22.1. The predicted molar refractivity (Wildman–Crippen MR) is 113 cm³/mol. The third-order valence-electron chi connectivity index (χ3n) is 4.95. The van der Waals surface area contributed by atoms with Crippen LogP contribution in [0, 0.1) is 6.92 Å². The van der Waals surface area contributed by atoms with Gasteiger partial charge in [-0.2, -0.15) is 0 Å². The molecule has 2 rings (SSSR count). The number of aryl methyl sites for hydroxylation is 1. The molecule has 0 unspecified atom stereocenters. The van der Waals surface area contributed by atoms with Gasteiger partial charge < -0.3 is 9.29 Å². The van der Waals surface area contributed by atoms with Gasteiger partial charge in [-0.25, -0.2) is 13.2 Å². The van der Waals surface area contributed by atoms with Gasteiger partial charge in [0.1, 0.15) is 15.9 Å². The molecule has 0 saturated carbocycles. The molecule has 0 bridgehead atoms. The van der Waals surface area contributed by atoms with Gasteiger partial charge in [-0.05, 0) is 71.2 Å². The van der Waals surface area contributed by atoms with Crippen LogP contribution < -0.4 is 4.74 Å². The van der Waals surface area contributed by atoms with Crippen LogP contribution in [-0.4, -0.2) is 18.9 Å². The van der Waals surface area contributed by atoms with Crippen molar-refractivity contribution in [1.29, 1.82) is 0 Å². The number of ether oxygens (including phenoxy) is 1. The summed E-state index contributed by atoms with van der Waals surface area (Å²) in [6.45, 7) is 13.4.